The lowest BCUT2D eigenvalue weighted by Crippen LogP contribution is -2.32. The van der Waals surface area contributed by atoms with Crippen LogP contribution in [-0.4, -0.2) is 12.7 Å². The van der Waals surface area contributed by atoms with Gasteiger partial charge in [0, 0.05) is 6.61 Å². The first-order valence-electron chi connectivity index (χ1n) is 6.51. The summed E-state index contributed by atoms with van der Waals surface area (Å²) in [4.78, 5) is 0. The summed E-state index contributed by atoms with van der Waals surface area (Å²) < 4.78 is 6.02. The van der Waals surface area contributed by atoms with E-state index in [9.17, 15) is 0 Å². The number of rotatable bonds is 2. The number of hydrogen-bond acceptors (Lipinski definition) is 1. The van der Waals surface area contributed by atoms with Gasteiger partial charge in [-0.1, -0.05) is 32.6 Å². The Bertz CT molecular complexity index is 153. The third-order valence-corrected chi connectivity index (χ3v) is 4.16. The minimum Gasteiger partial charge on any atom is -0.378 e. The fourth-order valence-corrected chi connectivity index (χ4v) is 3.03. The molecule has 2 rings (SSSR count). The highest BCUT2D eigenvalue weighted by molar-refractivity contribution is 4.78. The molecule has 0 spiro atoms. The maximum absolute atomic E-state index is 6.02. The molecule has 1 saturated carbocycles. The van der Waals surface area contributed by atoms with E-state index in [-0.39, 0.29) is 0 Å². The van der Waals surface area contributed by atoms with Crippen LogP contribution in [0, 0.1) is 11.8 Å². The second-order valence-electron chi connectivity index (χ2n) is 5.12. The molecular weight excluding hydrogens is 172 g/mol. The van der Waals surface area contributed by atoms with Gasteiger partial charge in [0.25, 0.3) is 0 Å². The lowest BCUT2D eigenvalue weighted by Gasteiger charge is -2.35. The van der Waals surface area contributed by atoms with E-state index in [4.69, 9.17) is 4.74 Å². The maximum Gasteiger partial charge on any atom is 0.0603 e. The summed E-state index contributed by atoms with van der Waals surface area (Å²) in [6.45, 7) is 3.33. The van der Waals surface area contributed by atoms with Crippen molar-refractivity contribution in [1.82, 2.24) is 0 Å². The summed E-state index contributed by atoms with van der Waals surface area (Å²) in [6, 6.07) is 0. The minimum absolute atomic E-state index is 0.623. The largest absolute Gasteiger partial charge is 0.378 e. The average Bonchev–Trinajstić information content (AvgIpc) is 2.30. The highest BCUT2D eigenvalue weighted by atomic mass is 16.5. The van der Waals surface area contributed by atoms with Gasteiger partial charge in [-0.15, -0.1) is 0 Å². The summed E-state index contributed by atoms with van der Waals surface area (Å²) in [5.74, 6) is 1.76. The van der Waals surface area contributed by atoms with E-state index in [1.165, 1.54) is 51.4 Å². The van der Waals surface area contributed by atoms with Crippen LogP contribution in [0.5, 0.6) is 0 Å². The molecule has 14 heavy (non-hydrogen) atoms. The van der Waals surface area contributed by atoms with E-state index in [0.717, 1.165) is 18.4 Å². The van der Waals surface area contributed by atoms with Crippen molar-refractivity contribution in [3.05, 3.63) is 0 Å². The lowest BCUT2D eigenvalue weighted by atomic mass is 9.81. The van der Waals surface area contributed by atoms with Gasteiger partial charge in [0.15, 0.2) is 0 Å². The van der Waals surface area contributed by atoms with Crippen molar-refractivity contribution in [3.8, 4) is 0 Å². The van der Waals surface area contributed by atoms with Crippen LogP contribution in [0.25, 0.3) is 0 Å². The number of ether oxygens (including phenoxy) is 1. The van der Waals surface area contributed by atoms with Crippen molar-refractivity contribution < 1.29 is 4.74 Å². The molecule has 2 fully saturated rings. The Balaban J connectivity index is 1.76. The van der Waals surface area contributed by atoms with Gasteiger partial charge < -0.3 is 4.74 Å². The van der Waals surface area contributed by atoms with Gasteiger partial charge in [0.2, 0.25) is 0 Å². The monoisotopic (exact) mass is 196 g/mol. The molecule has 0 radical (unpaired) electrons. The Morgan fingerprint density at radius 2 is 1.79 bits per heavy atom. The third-order valence-electron chi connectivity index (χ3n) is 4.16. The predicted octanol–water partition coefficient (Wildman–Crippen LogP) is 3.77. The smallest absolute Gasteiger partial charge is 0.0603 e. The minimum atomic E-state index is 0.623. The summed E-state index contributed by atoms with van der Waals surface area (Å²) in [5.41, 5.74) is 0. The molecule has 1 heteroatoms. The van der Waals surface area contributed by atoms with Crippen LogP contribution in [0.15, 0.2) is 0 Å². The molecule has 1 heterocycles. The highest BCUT2D eigenvalue weighted by Crippen LogP contribution is 2.33. The molecule has 1 aliphatic carbocycles. The van der Waals surface area contributed by atoms with Gasteiger partial charge in [0.1, 0.15) is 0 Å². The van der Waals surface area contributed by atoms with Crippen LogP contribution in [0.1, 0.15) is 58.3 Å². The zero-order valence-electron chi connectivity index (χ0n) is 9.50. The summed E-state index contributed by atoms with van der Waals surface area (Å²) in [7, 11) is 0. The van der Waals surface area contributed by atoms with Gasteiger partial charge in [-0.05, 0) is 37.5 Å². The molecular formula is C13H24O. The van der Waals surface area contributed by atoms with E-state index in [1.54, 1.807) is 0 Å². The Morgan fingerprint density at radius 1 is 1.00 bits per heavy atom. The predicted molar refractivity (Wildman–Crippen MR) is 59.3 cm³/mol. The standard InChI is InChI=1S/C13H24O/c1-2-11-8-9-13(14-10-11)12-6-4-3-5-7-12/h11-13H,2-10H2,1H3. The molecule has 0 amide bonds. The molecule has 1 saturated heterocycles. The van der Waals surface area contributed by atoms with Crippen LogP contribution in [0.4, 0.5) is 0 Å². The molecule has 1 aliphatic heterocycles. The quantitative estimate of drug-likeness (QED) is 0.653. The first-order chi connectivity index (χ1) is 6.90. The van der Waals surface area contributed by atoms with Crippen LogP contribution >= 0.6 is 0 Å². The fourth-order valence-electron chi connectivity index (χ4n) is 3.03. The normalized spacial score (nSPS) is 35.8. The topological polar surface area (TPSA) is 9.23 Å². The van der Waals surface area contributed by atoms with Crippen molar-refractivity contribution >= 4 is 0 Å². The first-order valence-corrected chi connectivity index (χ1v) is 6.51. The zero-order chi connectivity index (χ0) is 9.80. The maximum atomic E-state index is 6.02. The number of hydrogen-bond donors (Lipinski definition) is 0. The van der Waals surface area contributed by atoms with Gasteiger partial charge in [-0.25, -0.2) is 0 Å². The second kappa shape index (κ2) is 5.16. The van der Waals surface area contributed by atoms with Crippen LogP contribution in [0.3, 0.4) is 0 Å². The Morgan fingerprint density at radius 3 is 2.36 bits per heavy atom. The Labute approximate surface area is 88.2 Å². The summed E-state index contributed by atoms with van der Waals surface area (Å²) in [6.07, 6.45) is 11.9. The van der Waals surface area contributed by atoms with Crippen molar-refractivity contribution in [2.24, 2.45) is 11.8 Å². The lowest BCUT2D eigenvalue weighted by molar-refractivity contribution is -0.0555. The van der Waals surface area contributed by atoms with E-state index in [1.807, 2.05) is 0 Å². The molecule has 0 aromatic heterocycles. The van der Waals surface area contributed by atoms with Gasteiger partial charge in [-0.3, -0.25) is 0 Å². The average molecular weight is 196 g/mol. The van der Waals surface area contributed by atoms with E-state index in [2.05, 4.69) is 6.92 Å². The van der Waals surface area contributed by atoms with Crippen molar-refractivity contribution in [2.45, 2.75) is 64.4 Å². The van der Waals surface area contributed by atoms with Gasteiger partial charge in [0.05, 0.1) is 6.10 Å². The van der Waals surface area contributed by atoms with E-state index >= 15 is 0 Å². The van der Waals surface area contributed by atoms with Crippen molar-refractivity contribution in [3.63, 3.8) is 0 Å². The van der Waals surface area contributed by atoms with Crippen LogP contribution in [-0.2, 0) is 4.74 Å². The SMILES string of the molecule is CCC1CCC(C2CCCCC2)OC1. The molecule has 0 aromatic carbocycles. The molecule has 1 nitrogen and oxygen atoms in total. The van der Waals surface area contributed by atoms with E-state index < -0.39 is 0 Å². The van der Waals surface area contributed by atoms with Gasteiger partial charge >= 0.3 is 0 Å². The van der Waals surface area contributed by atoms with Crippen molar-refractivity contribution in [1.29, 1.82) is 0 Å². The van der Waals surface area contributed by atoms with Crippen LogP contribution < -0.4 is 0 Å². The molecule has 82 valence electrons. The molecule has 0 aromatic rings. The first kappa shape index (κ1) is 10.5. The zero-order valence-corrected chi connectivity index (χ0v) is 9.50. The third kappa shape index (κ3) is 2.50. The Kier molecular flexibility index (Phi) is 3.86. The molecule has 2 unspecified atom stereocenters. The molecule has 0 bridgehead atoms. The Hall–Kier alpha value is -0.0400. The fraction of sp³-hybridized carbons (Fsp3) is 1.00. The second-order valence-corrected chi connectivity index (χ2v) is 5.12. The van der Waals surface area contributed by atoms with E-state index in [0.29, 0.717) is 6.10 Å². The van der Waals surface area contributed by atoms with Gasteiger partial charge in [-0.2, -0.15) is 0 Å². The highest BCUT2D eigenvalue weighted by Gasteiger charge is 2.28. The molecule has 0 N–H and O–H groups in total. The van der Waals surface area contributed by atoms with Crippen LogP contribution in [0.2, 0.25) is 0 Å². The molecule has 2 atom stereocenters. The summed E-state index contributed by atoms with van der Waals surface area (Å²) >= 11 is 0. The summed E-state index contributed by atoms with van der Waals surface area (Å²) in [5, 5.41) is 0. The molecule has 2 aliphatic rings. The van der Waals surface area contributed by atoms with Crippen molar-refractivity contribution in [2.75, 3.05) is 6.61 Å².